The number of nitrogens with zero attached hydrogens (tertiary/aromatic N) is 1. The van der Waals surface area contributed by atoms with Crippen LogP contribution in [0.5, 0.6) is 0 Å². The van der Waals surface area contributed by atoms with E-state index in [9.17, 15) is 9.90 Å². The first kappa shape index (κ1) is 11.5. The van der Waals surface area contributed by atoms with Gasteiger partial charge in [-0.3, -0.25) is 9.69 Å². The summed E-state index contributed by atoms with van der Waals surface area (Å²) in [5, 5.41) is 18.3. The van der Waals surface area contributed by atoms with E-state index in [-0.39, 0.29) is 18.1 Å². The molecule has 1 heterocycles. The van der Waals surface area contributed by atoms with Crippen molar-refractivity contribution in [2.75, 3.05) is 13.1 Å². The van der Waals surface area contributed by atoms with Gasteiger partial charge in [0.15, 0.2) is 0 Å². The molecular formula is C10H19NO3. The molecule has 4 nitrogen and oxygen atoms in total. The lowest BCUT2D eigenvalue weighted by atomic mass is 10.0. The van der Waals surface area contributed by atoms with Gasteiger partial charge in [0.05, 0.1) is 6.10 Å². The number of likely N-dealkylation sites (tertiary alicyclic amines) is 1. The summed E-state index contributed by atoms with van der Waals surface area (Å²) < 4.78 is 0. The largest absolute Gasteiger partial charge is 0.480 e. The zero-order valence-electron chi connectivity index (χ0n) is 8.81. The SMILES string of the molecule is CCC(C(=O)O)N1CCC(C(C)O)C1. The fourth-order valence-electron chi connectivity index (χ4n) is 2.08. The van der Waals surface area contributed by atoms with Gasteiger partial charge in [-0.05, 0) is 32.2 Å². The van der Waals surface area contributed by atoms with Crippen LogP contribution >= 0.6 is 0 Å². The van der Waals surface area contributed by atoms with Crippen LogP contribution in [0.25, 0.3) is 0 Å². The van der Waals surface area contributed by atoms with Crippen molar-refractivity contribution in [2.24, 2.45) is 5.92 Å². The molecule has 1 aliphatic heterocycles. The predicted octanol–water partition coefficient (Wildman–Crippen LogP) is 0.552. The van der Waals surface area contributed by atoms with E-state index >= 15 is 0 Å². The highest BCUT2D eigenvalue weighted by Gasteiger charge is 2.32. The second kappa shape index (κ2) is 4.75. The second-order valence-corrected chi connectivity index (χ2v) is 4.05. The Morgan fingerprint density at radius 1 is 1.64 bits per heavy atom. The molecule has 3 unspecified atom stereocenters. The molecule has 4 heteroatoms. The van der Waals surface area contributed by atoms with Gasteiger partial charge >= 0.3 is 5.97 Å². The third-order valence-corrected chi connectivity index (χ3v) is 3.05. The van der Waals surface area contributed by atoms with Crippen LogP contribution in [0.4, 0.5) is 0 Å². The highest BCUT2D eigenvalue weighted by molar-refractivity contribution is 5.73. The molecule has 0 aromatic carbocycles. The summed E-state index contributed by atoms with van der Waals surface area (Å²) in [7, 11) is 0. The van der Waals surface area contributed by atoms with E-state index in [0.29, 0.717) is 13.0 Å². The lowest BCUT2D eigenvalue weighted by molar-refractivity contribution is -0.143. The number of hydrogen-bond acceptors (Lipinski definition) is 3. The molecule has 14 heavy (non-hydrogen) atoms. The van der Waals surface area contributed by atoms with Gasteiger partial charge in [0.2, 0.25) is 0 Å². The molecule has 0 saturated carbocycles. The topological polar surface area (TPSA) is 60.8 Å². The molecule has 1 rings (SSSR count). The fraction of sp³-hybridized carbons (Fsp3) is 0.900. The zero-order chi connectivity index (χ0) is 10.7. The molecule has 1 fully saturated rings. The maximum absolute atomic E-state index is 10.9. The van der Waals surface area contributed by atoms with Crippen LogP contribution in [0.15, 0.2) is 0 Å². The minimum absolute atomic E-state index is 0.239. The van der Waals surface area contributed by atoms with Gasteiger partial charge in [-0.2, -0.15) is 0 Å². The van der Waals surface area contributed by atoms with Crippen LogP contribution in [0.1, 0.15) is 26.7 Å². The molecule has 0 aliphatic carbocycles. The van der Waals surface area contributed by atoms with Crippen molar-refractivity contribution in [1.82, 2.24) is 4.90 Å². The number of aliphatic hydroxyl groups excluding tert-OH is 1. The van der Waals surface area contributed by atoms with Gasteiger partial charge in [0.25, 0.3) is 0 Å². The normalized spacial score (nSPS) is 27.5. The van der Waals surface area contributed by atoms with E-state index in [4.69, 9.17) is 5.11 Å². The second-order valence-electron chi connectivity index (χ2n) is 4.05. The summed E-state index contributed by atoms with van der Waals surface area (Å²) in [6.07, 6.45) is 1.20. The number of rotatable bonds is 4. The number of carboxylic acids is 1. The third-order valence-electron chi connectivity index (χ3n) is 3.05. The molecule has 1 saturated heterocycles. The Bertz CT molecular complexity index is 206. The minimum Gasteiger partial charge on any atom is -0.480 e. The van der Waals surface area contributed by atoms with E-state index in [2.05, 4.69) is 0 Å². The fourth-order valence-corrected chi connectivity index (χ4v) is 2.08. The van der Waals surface area contributed by atoms with E-state index in [1.165, 1.54) is 0 Å². The summed E-state index contributed by atoms with van der Waals surface area (Å²) >= 11 is 0. The molecule has 2 N–H and O–H groups in total. The highest BCUT2D eigenvalue weighted by atomic mass is 16.4. The van der Waals surface area contributed by atoms with Crippen molar-refractivity contribution < 1.29 is 15.0 Å². The molecule has 0 aromatic rings. The van der Waals surface area contributed by atoms with Gasteiger partial charge in [-0.1, -0.05) is 6.92 Å². The lowest BCUT2D eigenvalue weighted by Crippen LogP contribution is -2.39. The van der Waals surface area contributed by atoms with Gasteiger partial charge in [0, 0.05) is 6.54 Å². The molecule has 0 amide bonds. The summed E-state index contributed by atoms with van der Waals surface area (Å²) in [4.78, 5) is 12.8. The monoisotopic (exact) mass is 201 g/mol. The van der Waals surface area contributed by atoms with Crippen LogP contribution in [-0.4, -0.2) is 46.3 Å². The van der Waals surface area contributed by atoms with Crippen molar-refractivity contribution in [1.29, 1.82) is 0 Å². The molecule has 0 radical (unpaired) electrons. The predicted molar refractivity (Wildman–Crippen MR) is 53.1 cm³/mol. The van der Waals surface area contributed by atoms with Crippen LogP contribution < -0.4 is 0 Å². The van der Waals surface area contributed by atoms with Crippen molar-refractivity contribution in [3.05, 3.63) is 0 Å². The Balaban J connectivity index is 2.51. The Hall–Kier alpha value is -0.610. The molecule has 0 aromatic heterocycles. The molecular weight excluding hydrogens is 182 g/mol. The van der Waals surface area contributed by atoms with Gasteiger partial charge in [0.1, 0.15) is 6.04 Å². The van der Waals surface area contributed by atoms with Crippen molar-refractivity contribution in [3.63, 3.8) is 0 Å². The average Bonchev–Trinajstić information content (AvgIpc) is 2.53. The molecule has 0 spiro atoms. The highest BCUT2D eigenvalue weighted by Crippen LogP contribution is 2.22. The average molecular weight is 201 g/mol. The summed E-state index contributed by atoms with van der Waals surface area (Å²) in [5.74, 6) is -0.512. The molecule has 3 atom stereocenters. The van der Waals surface area contributed by atoms with Gasteiger partial charge in [-0.25, -0.2) is 0 Å². The maximum atomic E-state index is 10.9. The quantitative estimate of drug-likeness (QED) is 0.697. The van der Waals surface area contributed by atoms with Gasteiger partial charge < -0.3 is 10.2 Å². The van der Waals surface area contributed by atoms with Crippen molar-refractivity contribution in [3.8, 4) is 0 Å². The smallest absolute Gasteiger partial charge is 0.320 e. The van der Waals surface area contributed by atoms with Crippen molar-refractivity contribution in [2.45, 2.75) is 38.8 Å². The van der Waals surface area contributed by atoms with Crippen LogP contribution in [0.2, 0.25) is 0 Å². The number of carboxylic acid groups (broad SMARTS) is 1. The van der Waals surface area contributed by atoms with Crippen LogP contribution in [-0.2, 0) is 4.79 Å². The lowest BCUT2D eigenvalue weighted by Gasteiger charge is -2.23. The standard InChI is InChI=1S/C10H19NO3/c1-3-9(10(13)14)11-5-4-8(6-11)7(2)12/h7-9,12H,3-6H2,1-2H3,(H,13,14). The van der Waals surface area contributed by atoms with Crippen molar-refractivity contribution >= 4 is 5.97 Å². The molecule has 0 bridgehead atoms. The minimum atomic E-state index is -0.751. The van der Waals surface area contributed by atoms with E-state index in [1.54, 1.807) is 6.92 Å². The summed E-state index contributed by atoms with van der Waals surface area (Å²) in [6, 6.07) is -0.376. The number of aliphatic carboxylic acids is 1. The van der Waals surface area contributed by atoms with E-state index in [0.717, 1.165) is 13.0 Å². The Kier molecular flexibility index (Phi) is 3.89. The number of aliphatic hydroxyl groups is 1. The summed E-state index contributed by atoms with van der Waals surface area (Å²) in [6.45, 7) is 5.16. The Morgan fingerprint density at radius 3 is 2.64 bits per heavy atom. The van der Waals surface area contributed by atoms with E-state index < -0.39 is 5.97 Å². The third kappa shape index (κ3) is 2.45. The number of carbonyl (C=O) groups is 1. The van der Waals surface area contributed by atoms with E-state index in [1.807, 2.05) is 11.8 Å². The number of hydrogen-bond donors (Lipinski definition) is 2. The molecule has 82 valence electrons. The molecule has 1 aliphatic rings. The van der Waals surface area contributed by atoms with Gasteiger partial charge in [-0.15, -0.1) is 0 Å². The zero-order valence-corrected chi connectivity index (χ0v) is 8.81. The van der Waals surface area contributed by atoms with Crippen LogP contribution in [0.3, 0.4) is 0 Å². The maximum Gasteiger partial charge on any atom is 0.320 e. The van der Waals surface area contributed by atoms with Crippen LogP contribution in [0, 0.1) is 5.92 Å². The first-order chi connectivity index (χ1) is 6.56. The summed E-state index contributed by atoms with van der Waals surface area (Å²) in [5.41, 5.74) is 0. The Labute approximate surface area is 84.5 Å². The Morgan fingerprint density at radius 2 is 2.29 bits per heavy atom. The first-order valence-corrected chi connectivity index (χ1v) is 5.21. The first-order valence-electron chi connectivity index (χ1n) is 5.21.